The van der Waals surface area contributed by atoms with Crippen LogP contribution in [-0.2, 0) is 4.79 Å². The van der Waals surface area contributed by atoms with Crippen molar-refractivity contribution in [2.45, 2.75) is 51.5 Å². The van der Waals surface area contributed by atoms with Gasteiger partial charge in [0.05, 0.1) is 0 Å². The van der Waals surface area contributed by atoms with Gasteiger partial charge in [-0.1, -0.05) is 19.8 Å². The first-order chi connectivity index (χ1) is 6.57. The maximum absolute atomic E-state index is 10.4. The third-order valence-electron chi connectivity index (χ3n) is 2.11. The highest BCUT2D eigenvalue weighted by molar-refractivity contribution is 5.81. The molecule has 0 fully saturated rings. The van der Waals surface area contributed by atoms with Gasteiger partial charge in [-0.2, -0.15) is 0 Å². The molecule has 0 saturated carbocycles. The monoisotopic (exact) mass is 200 g/mol. The Morgan fingerprint density at radius 2 is 2.07 bits per heavy atom. The summed E-state index contributed by atoms with van der Waals surface area (Å²) in [5, 5.41) is 16.0. The van der Waals surface area contributed by atoms with Gasteiger partial charge in [-0.3, -0.25) is 4.79 Å². The van der Waals surface area contributed by atoms with Crippen molar-refractivity contribution in [1.29, 1.82) is 5.41 Å². The van der Waals surface area contributed by atoms with E-state index < -0.39 is 12.0 Å². The molecule has 4 nitrogen and oxygen atoms in total. The Kier molecular flexibility index (Phi) is 7.02. The van der Waals surface area contributed by atoms with Gasteiger partial charge in [0.1, 0.15) is 6.04 Å². The standard InChI is InChI=1S/C10H20N2O2/c1-2-5-8(11)6-3-4-7-9(12)10(13)14/h9,11H,2-7,12H2,1H3,(H,13,14). The zero-order chi connectivity index (χ0) is 11.0. The van der Waals surface area contributed by atoms with E-state index in [2.05, 4.69) is 6.92 Å². The van der Waals surface area contributed by atoms with Crippen molar-refractivity contribution >= 4 is 11.7 Å². The minimum Gasteiger partial charge on any atom is -0.480 e. The van der Waals surface area contributed by atoms with Crippen LogP contribution >= 0.6 is 0 Å². The zero-order valence-corrected chi connectivity index (χ0v) is 8.75. The maximum Gasteiger partial charge on any atom is 0.320 e. The molecule has 4 heteroatoms. The zero-order valence-electron chi connectivity index (χ0n) is 8.75. The van der Waals surface area contributed by atoms with Crippen molar-refractivity contribution < 1.29 is 9.90 Å². The molecule has 0 aromatic carbocycles. The van der Waals surface area contributed by atoms with Gasteiger partial charge < -0.3 is 16.2 Å². The second kappa shape index (κ2) is 7.50. The number of nitrogens with one attached hydrogen (secondary N) is 1. The molecule has 0 rings (SSSR count). The minimum atomic E-state index is -0.936. The molecule has 0 aliphatic carbocycles. The number of unbranched alkanes of at least 4 members (excludes halogenated alkanes) is 1. The van der Waals surface area contributed by atoms with Crippen molar-refractivity contribution in [3.05, 3.63) is 0 Å². The van der Waals surface area contributed by atoms with Crippen LogP contribution in [0.1, 0.15) is 45.4 Å². The Bertz CT molecular complexity index is 193. The fourth-order valence-corrected chi connectivity index (χ4v) is 1.25. The number of carbonyl (C=O) groups is 1. The highest BCUT2D eigenvalue weighted by atomic mass is 16.4. The van der Waals surface area contributed by atoms with Crippen LogP contribution in [0.25, 0.3) is 0 Å². The van der Waals surface area contributed by atoms with Gasteiger partial charge in [-0.15, -0.1) is 0 Å². The van der Waals surface area contributed by atoms with Crippen molar-refractivity contribution in [3.63, 3.8) is 0 Å². The normalized spacial score (nSPS) is 12.4. The van der Waals surface area contributed by atoms with E-state index in [1.54, 1.807) is 0 Å². The molecule has 1 atom stereocenters. The summed E-state index contributed by atoms with van der Waals surface area (Å²) in [6, 6.07) is -0.740. The maximum atomic E-state index is 10.4. The van der Waals surface area contributed by atoms with Crippen molar-refractivity contribution in [3.8, 4) is 0 Å². The molecule has 0 aliphatic rings. The summed E-state index contributed by atoms with van der Waals surface area (Å²) in [5.74, 6) is -0.936. The van der Waals surface area contributed by atoms with Gasteiger partial charge in [0.25, 0.3) is 0 Å². The molecular weight excluding hydrogens is 180 g/mol. The van der Waals surface area contributed by atoms with Gasteiger partial charge in [0.2, 0.25) is 0 Å². The van der Waals surface area contributed by atoms with Crippen LogP contribution in [0, 0.1) is 5.41 Å². The third kappa shape index (κ3) is 6.60. The van der Waals surface area contributed by atoms with E-state index in [1.165, 1.54) is 0 Å². The molecule has 4 N–H and O–H groups in total. The average Bonchev–Trinajstić information content (AvgIpc) is 2.12. The third-order valence-corrected chi connectivity index (χ3v) is 2.11. The second-order valence-electron chi connectivity index (χ2n) is 3.54. The number of nitrogens with two attached hydrogens (primary N) is 1. The fourth-order valence-electron chi connectivity index (χ4n) is 1.25. The van der Waals surface area contributed by atoms with E-state index in [0.717, 1.165) is 37.8 Å². The number of aliphatic carboxylic acids is 1. The van der Waals surface area contributed by atoms with Crippen LogP contribution in [0.5, 0.6) is 0 Å². The first-order valence-electron chi connectivity index (χ1n) is 5.12. The van der Waals surface area contributed by atoms with Crippen LogP contribution in [0.3, 0.4) is 0 Å². The first kappa shape index (κ1) is 13.1. The molecule has 0 spiro atoms. The molecule has 0 amide bonds. The summed E-state index contributed by atoms with van der Waals surface area (Å²) in [4.78, 5) is 10.4. The van der Waals surface area contributed by atoms with Crippen LogP contribution in [0.15, 0.2) is 0 Å². The van der Waals surface area contributed by atoms with E-state index >= 15 is 0 Å². The minimum absolute atomic E-state index is 0.509. The van der Waals surface area contributed by atoms with E-state index in [-0.39, 0.29) is 0 Å². The molecule has 14 heavy (non-hydrogen) atoms. The molecule has 0 aromatic rings. The van der Waals surface area contributed by atoms with E-state index in [9.17, 15) is 4.79 Å². The van der Waals surface area contributed by atoms with Crippen LogP contribution in [-0.4, -0.2) is 22.8 Å². The smallest absolute Gasteiger partial charge is 0.320 e. The topological polar surface area (TPSA) is 87.2 Å². The highest BCUT2D eigenvalue weighted by Gasteiger charge is 2.10. The largest absolute Gasteiger partial charge is 0.480 e. The summed E-state index contributed by atoms with van der Waals surface area (Å²) < 4.78 is 0. The molecule has 1 unspecified atom stereocenters. The predicted octanol–water partition coefficient (Wildman–Crippen LogP) is 1.78. The van der Waals surface area contributed by atoms with E-state index in [1.807, 2.05) is 0 Å². The van der Waals surface area contributed by atoms with Crippen LogP contribution < -0.4 is 5.73 Å². The molecule has 0 heterocycles. The lowest BCUT2D eigenvalue weighted by Crippen LogP contribution is -2.29. The lowest BCUT2D eigenvalue weighted by Gasteiger charge is -2.05. The summed E-state index contributed by atoms with van der Waals surface area (Å²) in [6.45, 7) is 2.05. The number of carboxylic acid groups (broad SMARTS) is 1. The Labute approximate surface area is 85.0 Å². The van der Waals surface area contributed by atoms with Gasteiger partial charge in [0.15, 0.2) is 0 Å². The van der Waals surface area contributed by atoms with Gasteiger partial charge >= 0.3 is 5.97 Å². The Balaban J connectivity index is 3.37. The van der Waals surface area contributed by atoms with E-state index in [4.69, 9.17) is 16.2 Å². The lowest BCUT2D eigenvalue weighted by atomic mass is 10.1. The van der Waals surface area contributed by atoms with Gasteiger partial charge in [-0.05, 0) is 25.7 Å². The Morgan fingerprint density at radius 3 is 2.57 bits per heavy atom. The molecule has 0 radical (unpaired) electrons. The number of rotatable bonds is 8. The van der Waals surface area contributed by atoms with E-state index in [0.29, 0.717) is 6.42 Å². The highest BCUT2D eigenvalue weighted by Crippen LogP contribution is 2.05. The van der Waals surface area contributed by atoms with Crippen molar-refractivity contribution in [2.75, 3.05) is 0 Å². The first-order valence-corrected chi connectivity index (χ1v) is 5.12. The van der Waals surface area contributed by atoms with Crippen molar-refractivity contribution in [2.24, 2.45) is 5.73 Å². The molecule has 0 aromatic heterocycles. The van der Waals surface area contributed by atoms with Crippen LogP contribution in [0.4, 0.5) is 0 Å². The second-order valence-corrected chi connectivity index (χ2v) is 3.54. The Morgan fingerprint density at radius 1 is 1.43 bits per heavy atom. The molecular formula is C10H20N2O2. The summed E-state index contributed by atoms with van der Waals surface area (Å²) in [7, 11) is 0. The van der Waals surface area contributed by atoms with Gasteiger partial charge in [-0.25, -0.2) is 0 Å². The quantitative estimate of drug-likeness (QED) is 0.412. The summed E-state index contributed by atoms with van der Waals surface area (Å²) >= 11 is 0. The SMILES string of the molecule is CCCC(=N)CCCCC(N)C(=O)O. The molecule has 0 saturated heterocycles. The number of hydrogen-bond donors (Lipinski definition) is 3. The number of hydrogen-bond acceptors (Lipinski definition) is 3. The average molecular weight is 200 g/mol. The predicted molar refractivity (Wildman–Crippen MR) is 56.7 cm³/mol. The molecule has 82 valence electrons. The van der Waals surface area contributed by atoms with Gasteiger partial charge in [0, 0.05) is 5.71 Å². The fraction of sp³-hybridized carbons (Fsp3) is 0.800. The van der Waals surface area contributed by atoms with Crippen LogP contribution in [0.2, 0.25) is 0 Å². The van der Waals surface area contributed by atoms with Crippen molar-refractivity contribution in [1.82, 2.24) is 0 Å². The molecule has 0 aliphatic heterocycles. The summed E-state index contributed by atoms with van der Waals surface area (Å²) in [5.41, 5.74) is 6.10. The number of carboxylic acids is 1. The molecule has 0 bridgehead atoms. The summed E-state index contributed by atoms with van der Waals surface area (Å²) in [6.07, 6.45) is 4.81. The lowest BCUT2D eigenvalue weighted by molar-refractivity contribution is -0.138. The Hall–Kier alpha value is -0.900.